The lowest BCUT2D eigenvalue weighted by Gasteiger charge is -2.10. The second kappa shape index (κ2) is 7.45. The number of fused-ring (bicyclic) bond motifs is 1. The minimum atomic E-state index is -0.617. The van der Waals surface area contributed by atoms with Crippen LogP contribution in [0, 0.1) is 12.7 Å². The van der Waals surface area contributed by atoms with Gasteiger partial charge in [0.05, 0.1) is 11.3 Å². The van der Waals surface area contributed by atoms with E-state index in [1.807, 2.05) is 13.8 Å². The normalized spacial score (nSPS) is 10.2. The minimum Gasteiger partial charge on any atom is -0.339 e. The predicted molar refractivity (Wildman–Crippen MR) is 96.7 cm³/mol. The van der Waals surface area contributed by atoms with Gasteiger partial charge in [0.15, 0.2) is 0 Å². The maximum atomic E-state index is 14.1. The molecule has 0 spiro atoms. The summed E-state index contributed by atoms with van der Waals surface area (Å²) in [6, 6.07) is 8.31. The van der Waals surface area contributed by atoms with Gasteiger partial charge in [0.2, 0.25) is 0 Å². The fraction of sp³-hybridized carbons (Fsp3) is 0.222. The Bertz CT molecular complexity index is 889. The number of pyridine rings is 1. The molecule has 4 nitrogen and oxygen atoms in total. The molecule has 0 bridgehead atoms. The second-order valence-electron chi connectivity index (χ2n) is 5.04. The molecule has 1 aromatic carbocycles. The number of aryl methyl sites for hydroxylation is 2. The number of carbonyl (C=O) groups excluding carboxylic acids is 1. The first-order valence-electron chi connectivity index (χ1n) is 7.65. The average Bonchev–Trinajstić information content (AvgIpc) is 2.85. The molecule has 0 aliphatic carbocycles. The molecule has 24 heavy (non-hydrogen) atoms. The average molecular weight is 348 g/mol. The third kappa shape index (κ3) is 3.26. The van der Waals surface area contributed by atoms with Crippen LogP contribution in [0.4, 0.5) is 15.9 Å². The van der Waals surface area contributed by atoms with E-state index in [2.05, 4.69) is 10.3 Å². The van der Waals surface area contributed by atoms with E-state index in [9.17, 15) is 9.18 Å². The van der Waals surface area contributed by atoms with Crippen LogP contribution in [0.5, 0.6) is 0 Å². The Hall–Kier alpha value is -2.40. The fourth-order valence-electron chi connectivity index (χ4n) is 2.45. The molecule has 3 rings (SSSR count). The van der Waals surface area contributed by atoms with Gasteiger partial charge >= 0.3 is 0 Å². The third-order valence-electron chi connectivity index (χ3n) is 3.52. The van der Waals surface area contributed by atoms with E-state index < -0.39 is 11.1 Å². The second-order valence-corrected chi connectivity index (χ2v) is 5.38. The van der Waals surface area contributed by atoms with Gasteiger partial charge in [0, 0.05) is 18.6 Å². The van der Waals surface area contributed by atoms with Crippen LogP contribution in [0.2, 0.25) is 0 Å². The van der Waals surface area contributed by atoms with Gasteiger partial charge in [-0.25, -0.2) is 9.37 Å². The quantitative estimate of drug-likeness (QED) is 0.665. The van der Waals surface area contributed by atoms with Crippen LogP contribution in [0.25, 0.3) is 11.0 Å². The van der Waals surface area contributed by atoms with Gasteiger partial charge in [-0.3, -0.25) is 4.79 Å². The fourth-order valence-corrected chi connectivity index (χ4v) is 2.65. The zero-order chi connectivity index (χ0) is 17.9. The highest BCUT2D eigenvalue weighted by Crippen LogP contribution is 2.32. The summed E-state index contributed by atoms with van der Waals surface area (Å²) in [5.74, 6) is 0.0163. The molecule has 1 N–H and O–H groups in total. The molecule has 0 unspecified atom stereocenters. The van der Waals surface area contributed by atoms with Gasteiger partial charge in [-0.1, -0.05) is 19.9 Å². The zero-order valence-electron chi connectivity index (χ0n) is 14.0. The minimum absolute atomic E-state index is 0.274. The van der Waals surface area contributed by atoms with Crippen LogP contribution in [0.1, 0.15) is 29.8 Å². The van der Waals surface area contributed by atoms with Crippen molar-refractivity contribution in [2.75, 3.05) is 5.32 Å². The van der Waals surface area contributed by atoms with Crippen LogP contribution < -0.4 is 5.32 Å². The summed E-state index contributed by atoms with van der Waals surface area (Å²) >= 11 is 5.72. The van der Waals surface area contributed by atoms with Gasteiger partial charge in [-0.15, -0.1) is 0 Å². The highest BCUT2D eigenvalue weighted by molar-refractivity contribution is 6.69. The number of rotatable bonds is 3. The Morgan fingerprint density at radius 2 is 2.00 bits per heavy atom. The molecule has 0 amide bonds. The molecule has 3 aromatic rings. The first-order valence-corrected chi connectivity index (χ1v) is 8.03. The Morgan fingerprint density at radius 1 is 1.29 bits per heavy atom. The zero-order valence-corrected chi connectivity index (χ0v) is 14.8. The molecule has 2 aromatic heterocycles. The van der Waals surface area contributed by atoms with Crippen molar-refractivity contribution in [2.24, 2.45) is 7.05 Å². The molecule has 6 heteroatoms. The summed E-state index contributed by atoms with van der Waals surface area (Å²) in [7, 11) is 1.74. The molecule has 0 aliphatic rings. The lowest BCUT2D eigenvalue weighted by molar-refractivity contribution is 0.108. The topological polar surface area (TPSA) is 46.9 Å². The van der Waals surface area contributed by atoms with Gasteiger partial charge in [0.25, 0.3) is 5.24 Å². The number of aromatic nitrogens is 2. The van der Waals surface area contributed by atoms with Crippen molar-refractivity contribution in [3.63, 3.8) is 0 Å². The lowest BCUT2D eigenvalue weighted by Crippen LogP contribution is -2.03. The molecule has 126 valence electrons. The molecular formula is C18H19ClFN3O. The predicted octanol–water partition coefficient (Wildman–Crippen LogP) is 5.17. The summed E-state index contributed by atoms with van der Waals surface area (Å²) in [4.78, 5) is 16.1. The van der Waals surface area contributed by atoms with Crippen molar-refractivity contribution in [2.45, 2.75) is 20.8 Å². The number of nitrogens with one attached hydrogen (secondary N) is 1. The number of carbonyl (C=O) groups is 1. The molecule has 2 heterocycles. The van der Waals surface area contributed by atoms with Crippen LogP contribution >= 0.6 is 11.6 Å². The Labute approximate surface area is 145 Å². The Morgan fingerprint density at radius 3 is 2.62 bits per heavy atom. The maximum absolute atomic E-state index is 14.1. The van der Waals surface area contributed by atoms with Crippen LogP contribution in [-0.4, -0.2) is 14.8 Å². The third-order valence-corrected chi connectivity index (χ3v) is 3.71. The summed E-state index contributed by atoms with van der Waals surface area (Å²) in [6.45, 7) is 5.81. The largest absolute Gasteiger partial charge is 0.339 e. The summed E-state index contributed by atoms with van der Waals surface area (Å²) < 4.78 is 15.7. The van der Waals surface area contributed by atoms with Crippen molar-refractivity contribution in [1.82, 2.24) is 9.55 Å². The van der Waals surface area contributed by atoms with E-state index in [1.54, 1.807) is 49.0 Å². The number of nitrogens with zero attached hydrogens (tertiary/aromatic N) is 2. The highest BCUT2D eigenvalue weighted by atomic mass is 35.5. The monoisotopic (exact) mass is 347 g/mol. The van der Waals surface area contributed by atoms with Gasteiger partial charge in [-0.2, -0.15) is 0 Å². The molecular weight excluding hydrogens is 329 g/mol. The van der Waals surface area contributed by atoms with Crippen molar-refractivity contribution in [3.05, 3.63) is 53.5 Å². The molecule has 0 atom stereocenters. The lowest BCUT2D eigenvalue weighted by atomic mass is 10.2. The smallest absolute Gasteiger partial charge is 0.256 e. The van der Waals surface area contributed by atoms with E-state index in [0.717, 1.165) is 5.56 Å². The molecule has 0 saturated heterocycles. The summed E-state index contributed by atoms with van der Waals surface area (Å²) in [5, 5.41) is 2.96. The molecule has 0 saturated carbocycles. The maximum Gasteiger partial charge on any atom is 0.256 e. The van der Waals surface area contributed by atoms with E-state index in [-0.39, 0.29) is 11.3 Å². The van der Waals surface area contributed by atoms with Gasteiger partial charge in [-0.05, 0) is 48.4 Å². The van der Waals surface area contributed by atoms with Crippen molar-refractivity contribution >= 4 is 39.4 Å². The van der Waals surface area contributed by atoms with Crippen molar-refractivity contribution in [3.8, 4) is 0 Å². The van der Waals surface area contributed by atoms with Crippen LogP contribution in [0.15, 0.2) is 36.5 Å². The Kier molecular flexibility index (Phi) is 5.57. The highest BCUT2D eigenvalue weighted by Gasteiger charge is 2.21. The van der Waals surface area contributed by atoms with Gasteiger partial charge in [0.1, 0.15) is 17.3 Å². The molecule has 0 radical (unpaired) electrons. The van der Waals surface area contributed by atoms with Crippen molar-refractivity contribution < 1.29 is 9.18 Å². The summed E-state index contributed by atoms with van der Waals surface area (Å²) in [6.07, 6.45) is 1.63. The number of hydrogen-bond donors (Lipinski definition) is 1. The van der Waals surface area contributed by atoms with Gasteiger partial charge < -0.3 is 9.88 Å². The van der Waals surface area contributed by atoms with Crippen LogP contribution in [0.3, 0.4) is 0 Å². The first kappa shape index (κ1) is 17.9. The number of hydrogen-bond acceptors (Lipinski definition) is 3. The number of halogens is 2. The standard InChI is InChI=1S/C16H13ClFN3O.C2H6/c1-9-5-6-12(11(18)8-9)20-16-13(14(17)22)10-4-3-7-19-15(10)21(16)2;1-2/h3-8,20H,1-2H3;1-2H3. The van der Waals surface area contributed by atoms with Crippen molar-refractivity contribution in [1.29, 1.82) is 0 Å². The van der Waals surface area contributed by atoms with Crippen LogP contribution in [-0.2, 0) is 7.05 Å². The summed E-state index contributed by atoms with van der Waals surface area (Å²) in [5.41, 5.74) is 1.97. The number of anilines is 2. The number of benzene rings is 1. The molecule has 0 aliphatic heterocycles. The van der Waals surface area contributed by atoms with E-state index in [1.165, 1.54) is 6.07 Å². The SMILES string of the molecule is CC.Cc1ccc(Nc2c(C(=O)Cl)c3cccnc3n2C)c(F)c1. The van der Waals surface area contributed by atoms with E-state index >= 15 is 0 Å². The Balaban J connectivity index is 0.00000100. The van der Waals surface area contributed by atoms with E-state index in [0.29, 0.717) is 16.9 Å². The molecule has 0 fully saturated rings. The first-order chi connectivity index (χ1) is 11.5. The van der Waals surface area contributed by atoms with E-state index in [4.69, 9.17) is 11.6 Å².